The number of aromatic nitrogens is 12. The SMILES string of the molecule is C=C(C)N1CCC(Oc2ccnc(-c3ccnc(Cc4ccc5[nH]c(C(=O)N6CCN(C)CC6)cc5c4)n3)c2)CC1.CC(O)C(C)Oc1ccnc(-c2ccnc(Cc3ccc4[nH]c(C(=O)N5CCN(C)CC5)cc4c3)n2)c1.CN1CCN(C(=O)c2cc3cc(Cc4nccc(-c5cc(OCCCO)ccn5)n4)ccc3[nH]2)CC1. The molecule has 27 heteroatoms. The van der Waals surface area contributed by atoms with Gasteiger partial charge in [-0.05, 0) is 150 Å². The molecule has 9 aromatic heterocycles. The Morgan fingerprint density at radius 1 is 0.447 bits per heavy atom. The highest BCUT2D eigenvalue weighted by Crippen LogP contribution is 2.30. The van der Waals surface area contributed by atoms with Gasteiger partial charge in [-0.25, -0.2) is 29.9 Å². The van der Waals surface area contributed by atoms with Crippen molar-refractivity contribution in [1.29, 1.82) is 0 Å². The van der Waals surface area contributed by atoms with Crippen molar-refractivity contribution in [2.24, 2.45) is 0 Å². The number of aliphatic hydroxyl groups is 2. The summed E-state index contributed by atoms with van der Waals surface area (Å²) in [6.45, 7) is 22.0. The Labute approximate surface area is 663 Å². The van der Waals surface area contributed by atoms with E-state index in [1.165, 1.54) is 0 Å². The number of aliphatic hydroxyl groups excluding tert-OH is 2. The van der Waals surface area contributed by atoms with Crippen LogP contribution >= 0.6 is 0 Å². The molecule has 13 heterocycles. The van der Waals surface area contributed by atoms with Crippen LogP contribution in [0.1, 0.15) is 106 Å². The van der Waals surface area contributed by atoms with Crippen molar-refractivity contribution in [1.82, 2.24) is 94.1 Å². The van der Waals surface area contributed by atoms with Crippen LogP contribution in [-0.2, 0) is 19.3 Å². The van der Waals surface area contributed by atoms with E-state index < -0.39 is 6.10 Å². The van der Waals surface area contributed by atoms with Gasteiger partial charge in [0.25, 0.3) is 17.7 Å². The Morgan fingerprint density at radius 2 is 0.807 bits per heavy atom. The predicted octanol–water partition coefficient (Wildman–Crippen LogP) is 10.3. The number of ether oxygens (including phenoxy) is 3. The van der Waals surface area contributed by atoms with Crippen LogP contribution in [0.3, 0.4) is 0 Å². The van der Waals surface area contributed by atoms with Crippen LogP contribution in [0.15, 0.2) is 177 Å². The Morgan fingerprint density at radius 3 is 1.18 bits per heavy atom. The summed E-state index contributed by atoms with van der Waals surface area (Å²) in [7, 11) is 6.24. The van der Waals surface area contributed by atoms with Crippen molar-refractivity contribution >= 4 is 50.4 Å². The number of likely N-dealkylation sites (tertiary alicyclic amines) is 1. The van der Waals surface area contributed by atoms with Gasteiger partial charge in [0.15, 0.2) is 0 Å². The lowest BCUT2D eigenvalue weighted by Gasteiger charge is -2.33. The number of nitrogens with one attached hydrogen (secondary N) is 3. The number of likely N-dealkylation sites (N-methyl/N-ethyl adjacent to an activating group) is 3. The number of hydrogen-bond acceptors (Lipinski definition) is 21. The number of amides is 3. The smallest absolute Gasteiger partial charge is 0.270 e. The second-order valence-corrected chi connectivity index (χ2v) is 29.9. The van der Waals surface area contributed by atoms with E-state index in [0.717, 1.165) is 182 Å². The first-order valence-electron chi connectivity index (χ1n) is 39.1. The molecule has 114 heavy (non-hydrogen) atoms. The molecule has 3 amide bonds. The normalized spacial score (nSPS) is 15.8. The minimum absolute atomic E-state index is 0.0448. The van der Waals surface area contributed by atoms with Crippen molar-refractivity contribution in [3.05, 3.63) is 228 Å². The van der Waals surface area contributed by atoms with E-state index in [1.54, 1.807) is 56.2 Å². The lowest BCUT2D eigenvalue weighted by Crippen LogP contribution is -2.47. The summed E-state index contributed by atoms with van der Waals surface area (Å²) in [6, 6.07) is 40.8. The van der Waals surface area contributed by atoms with Gasteiger partial charge < -0.3 is 73.7 Å². The highest BCUT2D eigenvalue weighted by molar-refractivity contribution is 6.00. The molecule has 0 saturated carbocycles. The third kappa shape index (κ3) is 20.3. The number of nitrogens with zero attached hydrogens (tertiary/aromatic N) is 16. The molecule has 3 aromatic carbocycles. The predicted molar refractivity (Wildman–Crippen MR) is 438 cm³/mol. The summed E-state index contributed by atoms with van der Waals surface area (Å²) in [5, 5.41) is 21.7. The van der Waals surface area contributed by atoms with Crippen molar-refractivity contribution < 1.29 is 38.8 Å². The molecular weight excluding hydrogens is 1440 g/mol. The van der Waals surface area contributed by atoms with Gasteiger partial charge >= 0.3 is 0 Å². The fourth-order valence-corrected chi connectivity index (χ4v) is 14.2. The van der Waals surface area contributed by atoms with Gasteiger partial charge in [0.2, 0.25) is 0 Å². The lowest BCUT2D eigenvalue weighted by molar-refractivity contribution is 0.0604. The molecule has 27 nitrogen and oxygen atoms in total. The lowest BCUT2D eigenvalue weighted by atomic mass is 10.1. The Balaban J connectivity index is 0.000000142. The topological polar surface area (TPSA) is 305 Å². The van der Waals surface area contributed by atoms with E-state index in [9.17, 15) is 19.5 Å². The number of pyridine rings is 3. The van der Waals surface area contributed by atoms with Gasteiger partial charge in [-0.3, -0.25) is 29.3 Å². The maximum Gasteiger partial charge on any atom is 0.270 e. The van der Waals surface area contributed by atoms with E-state index in [4.69, 9.17) is 34.3 Å². The first-order valence-corrected chi connectivity index (χ1v) is 39.1. The van der Waals surface area contributed by atoms with Crippen molar-refractivity contribution in [3.63, 3.8) is 0 Å². The molecule has 2 unspecified atom stereocenters. The van der Waals surface area contributed by atoms with Crippen molar-refractivity contribution in [2.75, 3.05) is 126 Å². The molecule has 5 N–H and O–H groups in total. The zero-order valence-electron chi connectivity index (χ0n) is 65.6. The Hall–Kier alpha value is -11.9. The summed E-state index contributed by atoms with van der Waals surface area (Å²) < 4.78 is 17.8. The Bertz CT molecular complexity index is 5320. The maximum atomic E-state index is 13.0. The van der Waals surface area contributed by atoms with Crippen LogP contribution in [0.25, 0.3) is 66.9 Å². The zero-order valence-corrected chi connectivity index (χ0v) is 65.6. The number of fused-ring (bicyclic) bond motifs is 3. The van der Waals surface area contributed by atoms with Crippen LogP contribution in [0.2, 0.25) is 0 Å². The minimum atomic E-state index is -0.583. The number of rotatable bonds is 22. The second kappa shape index (κ2) is 36.7. The molecule has 0 aliphatic carbocycles. The number of piperazine rings is 3. The summed E-state index contributed by atoms with van der Waals surface area (Å²) in [4.78, 5) is 105. The zero-order chi connectivity index (χ0) is 79.2. The molecule has 0 spiro atoms. The van der Waals surface area contributed by atoms with Gasteiger partial charge in [0, 0.05) is 231 Å². The monoisotopic (exact) mass is 1540 g/mol. The fraction of sp³-hybridized carbons (Fsp3) is 0.356. The number of aromatic amines is 3. The first-order chi connectivity index (χ1) is 55.3. The molecule has 0 bridgehead atoms. The number of hydrogen-bond donors (Lipinski definition) is 5. The van der Waals surface area contributed by atoms with Crippen LogP contribution in [0.4, 0.5) is 0 Å². The van der Waals surface area contributed by atoms with Crippen LogP contribution in [0.5, 0.6) is 17.2 Å². The number of carbonyl (C=O) groups excluding carboxylic acids is 3. The molecule has 4 fully saturated rings. The molecule has 12 aromatic rings. The molecule has 0 radical (unpaired) electrons. The molecule has 4 saturated heterocycles. The van der Waals surface area contributed by atoms with E-state index in [0.29, 0.717) is 95.4 Å². The van der Waals surface area contributed by atoms with Crippen LogP contribution < -0.4 is 14.2 Å². The number of benzene rings is 3. The van der Waals surface area contributed by atoms with Crippen molar-refractivity contribution in [2.45, 2.75) is 77.6 Å². The summed E-state index contributed by atoms with van der Waals surface area (Å²) in [5.41, 5.74) is 13.3. The summed E-state index contributed by atoms with van der Waals surface area (Å²) in [5.74, 6) is 4.34. The van der Waals surface area contributed by atoms with Gasteiger partial charge in [0.05, 0.1) is 46.9 Å². The molecule has 590 valence electrons. The fourth-order valence-electron chi connectivity index (χ4n) is 14.2. The molecule has 2 atom stereocenters. The van der Waals surface area contributed by atoms with Gasteiger partial charge in [-0.2, -0.15) is 0 Å². The van der Waals surface area contributed by atoms with Gasteiger partial charge in [-0.15, -0.1) is 0 Å². The van der Waals surface area contributed by atoms with Crippen LogP contribution in [0, 0.1) is 0 Å². The maximum absolute atomic E-state index is 13.0. The molecule has 4 aliphatic rings. The first kappa shape index (κ1) is 78.8. The van der Waals surface area contributed by atoms with Crippen LogP contribution in [-0.4, -0.2) is 266 Å². The number of carbonyl (C=O) groups is 3. The summed E-state index contributed by atoms with van der Waals surface area (Å²) in [6.07, 6.45) is 13.8. The largest absolute Gasteiger partial charge is 0.493 e. The Kier molecular flexibility index (Phi) is 25.4. The summed E-state index contributed by atoms with van der Waals surface area (Å²) >= 11 is 0. The number of allylic oxidation sites excluding steroid dienone is 1. The van der Waals surface area contributed by atoms with Crippen molar-refractivity contribution in [3.8, 4) is 51.4 Å². The van der Waals surface area contributed by atoms with E-state index in [2.05, 4.69) is 123 Å². The molecular formula is C87H99N19O8. The quantitative estimate of drug-likeness (QED) is 0.0394. The third-order valence-electron chi connectivity index (χ3n) is 21.2. The van der Waals surface area contributed by atoms with E-state index in [-0.39, 0.29) is 36.5 Å². The molecule has 16 rings (SSSR count). The van der Waals surface area contributed by atoms with Gasteiger partial charge in [-0.1, -0.05) is 24.8 Å². The average molecular weight is 1540 g/mol. The van der Waals surface area contributed by atoms with E-state index in [1.807, 2.05) is 113 Å². The number of piperidine rings is 1. The third-order valence-corrected chi connectivity index (χ3v) is 21.2. The second-order valence-electron chi connectivity index (χ2n) is 29.9. The average Bonchev–Trinajstić information content (AvgIpc) is 1.65. The highest BCUT2D eigenvalue weighted by Gasteiger charge is 2.27. The minimum Gasteiger partial charge on any atom is -0.493 e. The molecule has 4 aliphatic heterocycles. The van der Waals surface area contributed by atoms with E-state index >= 15 is 0 Å². The van der Waals surface area contributed by atoms with Gasteiger partial charge in [0.1, 0.15) is 64.0 Å². The number of H-pyrrole nitrogens is 3. The standard InChI is InChI=1S/C32H37N7O2.C28H32N6O3.C27H30N6O3/c1-22(2)38-12-8-25(9-13-38)41-26-6-10-33-29(21-26)28-7-11-34-31(36-28)19-23-4-5-27-24(18-23)20-30(35-27)32(40)39-16-14-37(3)15-17-39;1-18(35)19(2)37-22-6-8-29-25(17-22)24-7-9-30-27(32-24)15-20-4-5-23-21(14-20)16-26(31-23)28(36)34-12-10-33(3)11-13-34;1-32-9-11-33(12-10-32)27(35)25-17-20-15-19(3-4-22(20)30-25)16-26-29-8-6-23(31-26)24-18-21(5-7-28-24)36-14-2-13-34/h4-7,10-11,18,20-21,25,35H,1,8-9,12-17,19H2,2-3H3;4-9,14,16-19,31,35H,10-13,15H2,1-3H3;3-8,15,17-18,30,34H,2,9-14,16H2,1H3. The highest BCUT2D eigenvalue weighted by atomic mass is 16.5.